The first-order valence-electron chi connectivity index (χ1n) is 9.51. The van der Waals surface area contributed by atoms with Crippen molar-refractivity contribution < 1.29 is 0 Å². The van der Waals surface area contributed by atoms with Gasteiger partial charge in [-0.15, -0.1) is 0 Å². The van der Waals surface area contributed by atoms with Crippen molar-refractivity contribution in [2.24, 2.45) is 0 Å². The minimum Gasteiger partial charge on any atom is -0.311 e. The molecule has 3 heterocycles. The predicted molar refractivity (Wildman–Crippen MR) is 109 cm³/mol. The van der Waals surface area contributed by atoms with Crippen molar-refractivity contribution in [3.8, 4) is 11.3 Å². The molecule has 5 heteroatoms. The normalized spacial score (nSPS) is 10.9. The summed E-state index contributed by atoms with van der Waals surface area (Å²) >= 11 is 0. The number of aromatic nitrogens is 3. The van der Waals surface area contributed by atoms with Crippen LogP contribution in [0.3, 0.4) is 0 Å². The number of pyridine rings is 3. The zero-order valence-electron chi connectivity index (χ0n) is 15.9. The summed E-state index contributed by atoms with van der Waals surface area (Å²) in [6.45, 7) is 5.74. The van der Waals surface area contributed by atoms with Crippen LogP contribution in [-0.4, -0.2) is 28.0 Å². The summed E-state index contributed by atoms with van der Waals surface area (Å²) < 4.78 is 0. The molecule has 27 heavy (non-hydrogen) atoms. The average molecular weight is 361 g/mol. The first kappa shape index (κ1) is 19.1. The molecule has 0 saturated carbocycles. The van der Waals surface area contributed by atoms with Gasteiger partial charge in [-0.05, 0) is 68.8 Å². The smallest absolute Gasteiger partial charge is 0.0717 e. The van der Waals surface area contributed by atoms with E-state index < -0.39 is 0 Å². The molecule has 0 aliphatic carbocycles. The Morgan fingerprint density at radius 1 is 0.778 bits per heavy atom. The first-order chi connectivity index (χ1) is 13.3. The summed E-state index contributed by atoms with van der Waals surface area (Å²) in [6, 6.07) is 14.1. The van der Waals surface area contributed by atoms with E-state index in [4.69, 9.17) is 0 Å². The Kier molecular flexibility index (Phi) is 7.45. The van der Waals surface area contributed by atoms with Crippen LogP contribution in [0.4, 0.5) is 0 Å². The molecule has 0 aliphatic heterocycles. The van der Waals surface area contributed by atoms with E-state index in [-0.39, 0.29) is 0 Å². The summed E-state index contributed by atoms with van der Waals surface area (Å²) in [5.41, 5.74) is 5.44. The molecule has 140 valence electrons. The van der Waals surface area contributed by atoms with Gasteiger partial charge in [-0.1, -0.05) is 12.1 Å². The van der Waals surface area contributed by atoms with E-state index in [1.807, 2.05) is 36.7 Å². The van der Waals surface area contributed by atoms with Crippen molar-refractivity contribution in [1.29, 1.82) is 0 Å². The number of hydrogen-bond donors (Lipinski definition) is 2. The maximum absolute atomic E-state index is 4.52. The van der Waals surface area contributed by atoms with Crippen molar-refractivity contribution in [1.82, 2.24) is 25.6 Å². The summed E-state index contributed by atoms with van der Waals surface area (Å²) in [6.07, 6.45) is 7.83. The van der Waals surface area contributed by atoms with Crippen LogP contribution in [0.25, 0.3) is 11.3 Å². The SMILES string of the molecule is Cc1cccnc1CNCCCCNCc1ccc(-c2ccccn2)cn1. The molecular formula is C22H27N5. The number of aryl methyl sites for hydroxylation is 1. The van der Waals surface area contributed by atoms with Gasteiger partial charge < -0.3 is 10.6 Å². The van der Waals surface area contributed by atoms with Crippen LogP contribution in [0.5, 0.6) is 0 Å². The lowest BCUT2D eigenvalue weighted by Gasteiger charge is -2.08. The monoisotopic (exact) mass is 361 g/mol. The molecule has 0 amide bonds. The Balaban J connectivity index is 1.28. The fourth-order valence-corrected chi connectivity index (χ4v) is 2.84. The molecule has 3 rings (SSSR count). The van der Waals surface area contributed by atoms with Gasteiger partial charge in [0.2, 0.25) is 0 Å². The van der Waals surface area contributed by atoms with Crippen LogP contribution in [-0.2, 0) is 13.1 Å². The number of rotatable bonds is 10. The van der Waals surface area contributed by atoms with Gasteiger partial charge in [-0.2, -0.15) is 0 Å². The van der Waals surface area contributed by atoms with Crippen molar-refractivity contribution in [2.45, 2.75) is 32.9 Å². The highest BCUT2D eigenvalue weighted by atomic mass is 14.9. The van der Waals surface area contributed by atoms with Crippen LogP contribution < -0.4 is 10.6 Å². The molecular weight excluding hydrogens is 334 g/mol. The quantitative estimate of drug-likeness (QED) is 0.541. The van der Waals surface area contributed by atoms with E-state index >= 15 is 0 Å². The predicted octanol–water partition coefficient (Wildman–Crippen LogP) is 3.51. The fourth-order valence-electron chi connectivity index (χ4n) is 2.84. The molecule has 0 radical (unpaired) electrons. The molecule has 0 unspecified atom stereocenters. The molecule has 0 bridgehead atoms. The molecule has 3 aromatic heterocycles. The third-order valence-corrected chi connectivity index (χ3v) is 4.46. The number of unbranched alkanes of at least 4 members (excludes halogenated alkanes) is 1. The van der Waals surface area contributed by atoms with Gasteiger partial charge in [0.25, 0.3) is 0 Å². The molecule has 0 aliphatic rings. The summed E-state index contributed by atoms with van der Waals surface area (Å²) in [7, 11) is 0. The average Bonchev–Trinajstić information content (AvgIpc) is 2.72. The lowest BCUT2D eigenvalue weighted by molar-refractivity contribution is 0.575. The summed E-state index contributed by atoms with van der Waals surface area (Å²) in [4.78, 5) is 13.3. The summed E-state index contributed by atoms with van der Waals surface area (Å²) in [5.74, 6) is 0. The largest absolute Gasteiger partial charge is 0.311 e. The van der Waals surface area contributed by atoms with Crippen molar-refractivity contribution in [3.05, 3.63) is 78.0 Å². The van der Waals surface area contributed by atoms with Gasteiger partial charge in [-0.25, -0.2) is 0 Å². The van der Waals surface area contributed by atoms with Crippen LogP contribution in [0.1, 0.15) is 29.8 Å². The summed E-state index contributed by atoms with van der Waals surface area (Å²) in [5, 5.41) is 6.92. The number of nitrogens with zero attached hydrogens (tertiary/aromatic N) is 3. The van der Waals surface area contributed by atoms with Crippen molar-refractivity contribution in [3.63, 3.8) is 0 Å². The van der Waals surface area contributed by atoms with Gasteiger partial charge in [0.1, 0.15) is 0 Å². The minimum absolute atomic E-state index is 0.795. The van der Waals surface area contributed by atoms with E-state index in [0.29, 0.717) is 0 Å². The second kappa shape index (κ2) is 10.5. The Bertz CT molecular complexity index is 802. The Hall–Kier alpha value is -2.63. The standard InChI is InChI=1S/C22H27N5/c1-18-7-6-14-26-22(18)17-24-12-5-4-11-23-16-20-10-9-19(15-27-20)21-8-2-3-13-25-21/h2-3,6-10,13-15,23-24H,4-5,11-12,16-17H2,1H3. The maximum Gasteiger partial charge on any atom is 0.0717 e. The highest BCUT2D eigenvalue weighted by molar-refractivity contribution is 5.57. The molecule has 2 N–H and O–H groups in total. The van der Waals surface area contributed by atoms with Crippen molar-refractivity contribution in [2.75, 3.05) is 13.1 Å². The second-order valence-electron chi connectivity index (χ2n) is 6.58. The lowest BCUT2D eigenvalue weighted by Crippen LogP contribution is -2.19. The Morgan fingerprint density at radius 2 is 1.59 bits per heavy atom. The Labute approximate surface area is 161 Å². The Morgan fingerprint density at radius 3 is 2.30 bits per heavy atom. The lowest BCUT2D eigenvalue weighted by atomic mass is 10.2. The van der Waals surface area contributed by atoms with Gasteiger partial charge in [0, 0.05) is 37.2 Å². The van der Waals surface area contributed by atoms with E-state index in [2.05, 4.69) is 50.7 Å². The van der Waals surface area contributed by atoms with Crippen molar-refractivity contribution >= 4 is 0 Å². The van der Waals surface area contributed by atoms with E-state index in [0.717, 1.165) is 61.7 Å². The van der Waals surface area contributed by atoms with Gasteiger partial charge >= 0.3 is 0 Å². The van der Waals surface area contributed by atoms with Gasteiger partial charge in [-0.3, -0.25) is 15.0 Å². The topological polar surface area (TPSA) is 62.7 Å². The third-order valence-electron chi connectivity index (χ3n) is 4.46. The fraction of sp³-hybridized carbons (Fsp3) is 0.318. The van der Waals surface area contributed by atoms with Crippen LogP contribution in [0, 0.1) is 6.92 Å². The number of hydrogen-bond acceptors (Lipinski definition) is 5. The highest BCUT2D eigenvalue weighted by Gasteiger charge is 2.00. The van der Waals surface area contributed by atoms with Gasteiger partial charge in [0.05, 0.1) is 17.1 Å². The zero-order valence-corrected chi connectivity index (χ0v) is 15.9. The second-order valence-corrected chi connectivity index (χ2v) is 6.58. The molecule has 0 fully saturated rings. The molecule has 0 aromatic carbocycles. The number of nitrogens with one attached hydrogen (secondary N) is 2. The molecule has 0 spiro atoms. The molecule has 0 saturated heterocycles. The van der Waals surface area contributed by atoms with Crippen LogP contribution in [0.15, 0.2) is 61.1 Å². The van der Waals surface area contributed by atoms with Gasteiger partial charge in [0.15, 0.2) is 0 Å². The molecule has 3 aromatic rings. The van der Waals surface area contributed by atoms with E-state index in [9.17, 15) is 0 Å². The zero-order chi connectivity index (χ0) is 18.7. The van der Waals surface area contributed by atoms with Crippen LogP contribution >= 0.6 is 0 Å². The first-order valence-corrected chi connectivity index (χ1v) is 9.51. The molecule has 0 atom stereocenters. The maximum atomic E-state index is 4.52. The molecule has 5 nitrogen and oxygen atoms in total. The van der Waals surface area contributed by atoms with Crippen LogP contribution in [0.2, 0.25) is 0 Å². The minimum atomic E-state index is 0.795. The van der Waals surface area contributed by atoms with E-state index in [1.165, 1.54) is 5.56 Å². The van der Waals surface area contributed by atoms with E-state index in [1.54, 1.807) is 6.20 Å². The highest BCUT2D eigenvalue weighted by Crippen LogP contribution is 2.14. The third kappa shape index (κ3) is 6.24.